The van der Waals surface area contributed by atoms with Gasteiger partial charge in [-0.25, -0.2) is 9.37 Å². The van der Waals surface area contributed by atoms with Gasteiger partial charge in [0.05, 0.1) is 12.4 Å². The molecule has 2 aromatic heterocycles. The Bertz CT molecular complexity index is 785. The molecule has 0 aliphatic carbocycles. The number of rotatable bonds is 3. The van der Waals surface area contributed by atoms with E-state index in [2.05, 4.69) is 20.3 Å². The number of imidazole rings is 1. The highest BCUT2D eigenvalue weighted by atomic mass is 19.1. The fraction of sp³-hybridized carbons (Fsp3) is 0.688. The molecule has 2 aromatic rings. The maximum absolute atomic E-state index is 15.4. The number of ether oxygens (including phenoxy) is 1. The molecule has 138 valence electrons. The summed E-state index contributed by atoms with van der Waals surface area (Å²) in [5.74, 6) is 0.496. The van der Waals surface area contributed by atoms with E-state index in [9.17, 15) is 5.11 Å². The number of hydrogen-bond donors (Lipinski definition) is 3. The minimum atomic E-state index is -2.00. The molecule has 4 atom stereocenters. The third-order valence-corrected chi connectivity index (χ3v) is 4.46. The molecule has 1 aliphatic heterocycles. The van der Waals surface area contributed by atoms with Crippen molar-refractivity contribution in [2.75, 3.05) is 18.1 Å². The molecule has 1 fully saturated rings. The van der Waals surface area contributed by atoms with E-state index in [1.54, 1.807) is 7.05 Å². The number of anilines is 2. The lowest BCUT2D eigenvalue weighted by Crippen LogP contribution is -2.40. The molecule has 1 saturated heterocycles. The zero-order valence-corrected chi connectivity index (χ0v) is 15.1. The summed E-state index contributed by atoms with van der Waals surface area (Å²) in [5.41, 5.74) is 4.46. The predicted molar refractivity (Wildman–Crippen MR) is 92.8 cm³/mol. The van der Waals surface area contributed by atoms with Gasteiger partial charge in [-0.05, 0) is 18.8 Å². The van der Waals surface area contributed by atoms with Crippen molar-refractivity contribution >= 4 is 22.9 Å². The Hall–Kier alpha value is -2.00. The second kappa shape index (κ2) is 5.77. The van der Waals surface area contributed by atoms with Gasteiger partial charge < -0.3 is 20.9 Å². The number of nitrogens with two attached hydrogens (primary N) is 1. The SMILES string of the molecule is CNc1nc(N)nc2c1ncn2[C@@H]1O[C@H](CC(C)(C)C)[C@@H](O)[C@@]1(C)F. The van der Waals surface area contributed by atoms with E-state index in [-0.39, 0.29) is 11.4 Å². The first-order valence-electron chi connectivity index (χ1n) is 8.25. The van der Waals surface area contributed by atoms with Gasteiger partial charge in [-0.2, -0.15) is 9.97 Å². The van der Waals surface area contributed by atoms with Crippen LogP contribution in [0.25, 0.3) is 11.2 Å². The topological polar surface area (TPSA) is 111 Å². The minimum Gasteiger partial charge on any atom is -0.387 e. The highest BCUT2D eigenvalue weighted by molar-refractivity contribution is 5.84. The molecule has 0 spiro atoms. The lowest BCUT2D eigenvalue weighted by molar-refractivity contribution is -0.0527. The Morgan fingerprint density at radius 3 is 2.72 bits per heavy atom. The Balaban J connectivity index is 2.04. The summed E-state index contributed by atoms with van der Waals surface area (Å²) in [6.07, 6.45) is -0.972. The molecule has 25 heavy (non-hydrogen) atoms. The lowest BCUT2D eigenvalue weighted by Gasteiger charge is -2.26. The van der Waals surface area contributed by atoms with Crippen LogP contribution in [0, 0.1) is 5.41 Å². The third-order valence-electron chi connectivity index (χ3n) is 4.46. The fourth-order valence-corrected chi connectivity index (χ4v) is 3.26. The number of aliphatic hydroxyl groups excluding tert-OH is 1. The summed E-state index contributed by atoms with van der Waals surface area (Å²) < 4.78 is 22.7. The second-order valence-electron chi connectivity index (χ2n) is 7.89. The Labute approximate surface area is 145 Å². The second-order valence-corrected chi connectivity index (χ2v) is 7.89. The predicted octanol–water partition coefficient (Wildman–Crippen LogP) is 1.87. The Morgan fingerprint density at radius 2 is 2.12 bits per heavy atom. The van der Waals surface area contributed by atoms with Crippen molar-refractivity contribution in [2.45, 2.75) is 58.2 Å². The summed E-state index contributed by atoms with van der Waals surface area (Å²) in [6.45, 7) is 7.39. The van der Waals surface area contributed by atoms with E-state index >= 15 is 4.39 Å². The molecule has 3 rings (SSSR count). The summed E-state index contributed by atoms with van der Waals surface area (Å²) in [7, 11) is 1.69. The van der Waals surface area contributed by atoms with Crippen molar-refractivity contribution in [1.82, 2.24) is 19.5 Å². The standard InChI is InChI=1S/C16H25FN6O2/c1-15(2,3)6-8-10(24)16(4,17)13(25-8)23-7-20-9-11(19-5)21-14(18)22-12(9)23/h7-8,10,13,24H,6H2,1-5H3,(H3,18,19,21,22)/t8-,10-,13-,16-/m1/s1. The van der Waals surface area contributed by atoms with Crippen molar-refractivity contribution < 1.29 is 14.2 Å². The zero-order valence-electron chi connectivity index (χ0n) is 15.1. The first-order chi connectivity index (χ1) is 11.5. The highest BCUT2D eigenvalue weighted by Gasteiger charge is 2.55. The number of nitrogen functional groups attached to an aromatic ring is 1. The zero-order chi connectivity index (χ0) is 18.6. The average Bonchev–Trinajstić information content (AvgIpc) is 2.99. The average molecular weight is 352 g/mol. The number of nitrogens with zero attached hydrogens (tertiary/aromatic N) is 4. The maximum Gasteiger partial charge on any atom is 0.224 e. The fourth-order valence-electron chi connectivity index (χ4n) is 3.26. The first-order valence-corrected chi connectivity index (χ1v) is 8.25. The first kappa shape index (κ1) is 17.8. The molecule has 9 heteroatoms. The highest BCUT2D eigenvalue weighted by Crippen LogP contribution is 2.45. The Morgan fingerprint density at radius 1 is 1.44 bits per heavy atom. The number of fused-ring (bicyclic) bond motifs is 1. The van der Waals surface area contributed by atoms with Crippen LogP contribution in [0.2, 0.25) is 0 Å². The van der Waals surface area contributed by atoms with Crippen LogP contribution in [-0.2, 0) is 4.74 Å². The summed E-state index contributed by atoms with van der Waals surface area (Å²) >= 11 is 0. The van der Waals surface area contributed by atoms with Gasteiger partial charge >= 0.3 is 0 Å². The van der Waals surface area contributed by atoms with Gasteiger partial charge in [0.15, 0.2) is 28.9 Å². The molecular weight excluding hydrogens is 327 g/mol. The van der Waals surface area contributed by atoms with Crippen LogP contribution in [0.4, 0.5) is 16.2 Å². The Kier molecular flexibility index (Phi) is 4.11. The minimum absolute atomic E-state index is 0.0453. The molecule has 0 unspecified atom stereocenters. The molecule has 0 bridgehead atoms. The lowest BCUT2D eigenvalue weighted by atomic mass is 9.85. The van der Waals surface area contributed by atoms with Crippen LogP contribution in [0.1, 0.15) is 40.3 Å². The summed E-state index contributed by atoms with van der Waals surface area (Å²) in [4.78, 5) is 12.5. The van der Waals surface area contributed by atoms with E-state index in [1.165, 1.54) is 17.8 Å². The van der Waals surface area contributed by atoms with Gasteiger partial charge in [0, 0.05) is 7.05 Å². The van der Waals surface area contributed by atoms with Gasteiger partial charge in [0.25, 0.3) is 0 Å². The third kappa shape index (κ3) is 3.02. The smallest absolute Gasteiger partial charge is 0.224 e. The molecule has 0 aromatic carbocycles. The molecule has 0 amide bonds. The molecule has 4 N–H and O–H groups in total. The van der Waals surface area contributed by atoms with Gasteiger partial charge in [-0.3, -0.25) is 4.57 Å². The quantitative estimate of drug-likeness (QED) is 0.773. The van der Waals surface area contributed by atoms with Crippen LogP contribution in [-0.4, -0.2) is 49.5 Å². The van der Waals surface area contributed by atoms with E-state index < -0.39 is 24.1 Å². The number of nitrogens with one attached hydrogen (secondary N) is 1. The number of aromatic nitrogens is 4. The molecule has 8 nitrogen and oxygen atoms in total. The van der Waals surface area contributed by atoms with E-state index in [1.807, 2.05) is 20.8 Å². The van der Waals surface area contributed by atoms with Gasteiger partial charge in [0.2, 0.25) is 5.95 Å². The van der Waals surface area contributed by atoms with Crippen molar-refractivity contribution in [2.24, 2.45) is 5.41 Å². The van der Waals surface area contributed by atoms with Crippen molar-refractivity contribution in [3.63, 3.8) is 0 Å². The molecule has 0 saturated carbocycles. The monoisotopic (exact) mass is 352 g/mol. The molecule has 1 aliphatic rings. The van der Waals surface area contributed by atoms with Gasteiger partial charge in [-0.15, -0.1) is 0 Å². The largest absolute Gasteiger partial charge is 0.387 e. The van der Waals surface area contributed by atoms with Gasteiger partial charge in [-0.1, -0.05) is 20.8 Å². The molecule has 0 radical (unpaired) electrons. The summed E-state index contributed by atoms with van der Waals surface area (Å²) in [6, 6.07) is 0. The van der Waals surface area contributed by atoms with Crippen LogP contribution < -0.4 is 11.1 Å². The van der Waals surface area contributed by atoms with Crippen molar-refractivity contribution in [3.05, 3.63) is 6.33 Å². The van der Waals surface area contributed by atoms with Crippen LogP contribution in [0.5, 0.6) is 0 Å². The number of aliphatic hydroxyl groups is 1. The summed E-state index contributed by atoms with van der Waals surface area (Å²) in [5, 5.41) is 13.4. The number of hydrogen-bond acceptors (Lipinski definition) is 7. The molecule has 3 heterocycles. The molecular formula is C16H25FN6O2. The maximum atomic E-state index is 15.4. The van der Waals surface area contributed by atoms with Crippen LogP contribution >= 0.6 is 0 Å². The van der Waals surface area contributed by atoms with Crippen molar-refractivity contribution in [3.8, 4) is 0 Å². The van der Waals surface area contributed by atoms with Crippen LogP contribution in [0.15, 0.2) is 6.33 Å². The van der Waals surface area contributed by atoms with Gasteiger partial charge in [0.1, 0.15) is 6.10 Å². The number of halogens is 1. The van der Waals surface area contributed by atoms with Crippen molar-refractivity contribution in [1.29, 1.82) is 0 Å². The van der Waals surface area contributed by atoms with E-state index in [0.717, 1.165) is 0 Å². The van der Waals surface area contributed by atoms with Crippen LogP contribution in [0.3, 0.4) is 0 Å². The number of alkyl halides is 1. The van der Waals surface area contributed by atoms with E-state index in [0.29, 0.717) is 23.4 Å². The normalized spacial score (nSPS) is 30.1. The van der Waals surface area contributed by atoms with E-state index in [4.69, 9.17) is 10.5 Å².